The van der Waals surface area contributed by atoms with Gasteiger partial charge in [-0.05, 0) is 31.2 Å². The van der Waals surface area contributed by atoms with E-state index < -0.39 is 22.5 Å². The number of nitro benzene ring substituents is 1. The van der Waals surface area contributed by atoms with Crippen molar-refractivity contribution >= 4 is 29.1 Å². The van der Waals surface area contributed by atoms with Gasteiger partial charge < -0.3 is 18.6 Å². The van der Waals surface area contributed by atoms with E-state index in [0.717, 1.165) is 11.3 Å². The molecule has 5 rings (SSSR count). The summed E-state index contributed by atoms with van der Waals surface area (Å²) in [5.41, 5.74) is 1.04. The fourth-order valence-corrected chi connectivity index (χ4v) is 5.64. The lowest BCUT2D eigenvalue weighted by Gasteiger charge is -2.26. The molecular weight excluding hydrogens is 550 g/mol. The lowest BCUT2D eigenvalue weighted by molar-refractivity contribution is -0.384. The van der Waals surface area contributed by atoms with Gasteiger partial charge in [0.05, 0.1) is 40.0 Å². The number of hydrogen-bond acceptors (Lipinski definition) is 10. The molecule has 0 radical (unpaired) electrons. The third-order valence-electron chi connectivity index (χ3n) is 6.46. The van der Waals surface area contributed by atoms with E-state index in [1.54, 1.807) is 67.6 Å². The minimum absolute atomic E-state index is 0.0373. The summed E-state index contributed by atoms with van der Waals surface area (Å²) >= 11 is 1.13. The van der Waals surface area contributed by atoms with Crippen LogP contribution in [0.5, 0.6) is 5.75 Å². The average molecular weight is 576 g/mol. The minimum atomic E-state index is -0.862. The summed E-state index contributed by atoms with van der Waals surface area (Å²) in [5, 5.41) is 11.5. The van der Waals surface area contributed by atoms with Gasteiger partial charge in [-0.25, -0.2) is 9.79 Å². The average Bonchev–Trinajstić information content (AvgIpc) is 3.56. The molecule has 210 valence electrons. The number of allylic oxidation sites excluding steroid dienone is 1. The second-order valence-electron chi connectivity index (χ2n) is 8.93. The molecule has 1 aliphatic rings. The first-order chi connectivity index (χ1) is 19.8. The number of furan rings is 1. The number of carbonyl (C=O) groups excluding carboxylic acids is 1. The molecule has 1 atom stereocenters. The highest BCUT2D eigenvalue weighted by Gasteiger charge is 2.35. The highest BCUT2D eigenvalue weighted by atomic mass is 32.1. The van der Waals surface area contributed by atoms with Crippen LogP contribution >= 0.6 is 11.3 Å². The highest BCUT2D eigenvalue weighted by Crippen LogP contribution is 2.36. The van der Waals surface area contributed by atoms with E-state index in [-0.39, 0.29) is 24.5 Å². The van der Waals surface area contributed by atoms with Gasteiger partial charge in [-0.3, -0.25) is 19.5 Å². The summed E-state index contributed by atoms with van der Waals surface area (Å²) in [7, 11) is 3.02. The smallest absolute Gasteiger partial charge is 0.338 e. The Bertz CT molecular complexity index is 1850. The van der Waals surface area contributed by atoms with E-state index in [4.69, 9.17) is 18.6 Å². The molecule has 0 amide bonds. The highest BCUT2D eigenvalue weighted by molar-refractivity contribution is 7.07. The van der Waals surface area contributed by atoms with Gasteiger partial charge in [-0.15, -0.1) is 0 Å². The van der Waals surface area contributed by atoms with Gasteiger partial charge >= 0.3 is 5.97 Å². The summed E-state index contributed by atoms with van der Waals surface area (Å²) in [6.45, 7) is 1.95. The summed E-state index contributed by atoms with van der Waals surface area (Å²) in [6.07, 6.45) is 1.55. The van der Waals surface area contributed by atoms with Crippen molar-refractivity contribution in [1.29, 1.82) is 0 Å². The number of carbonyl (C=O) groups is 1. The monoisotopic (exact) mass is 575 g/mol. The maximum atomic E-state index is 13.9. The zero-order valence-corrected chi connectivity index (χ0v) is 23.2. The molecular formula is C29H25N3O8S. The zero-order chi connectivity index (χ0) is 29.1. The predicted molar refractivity (Wildman–Crippen MR) is 150 cm³/mol. The molecule has 11 nitrogen and oxygen atoms in total. The molecule has 0 saturated carbocycles. The molecule has 0 spiro atoms. The molecule has 3 heterocycles. The summed E-state index contributed by atoms with van der Waals surface area (Å²) < 4.78 is 23.7. The second kappa shape index (κ2) is 11.7. The second-order valence-corrected chi connectivity index (χ2v) is 9.94. The number of rotatable bonds is 9. The maximum absolute atomic E-state index is 13.9. The first-order valence-electron chi connectivity index (χ1n) is 12.5. The van der Waals surface area contributed by atoms with Crippen molar-refractivity contribution < 1.29 is 28.3 Å². The van der Waals surface area contributed by atoms with Crippen LogP contribution in [0.3, 0.4) is 0 Å². The fraction of sp³-hybridized carbons (Fsp3) is 0.207. The number of aromatic nitrogens is 1. The molecule has 0 N–H and O–H groups in total. The zero-order valence-electron chi connectivity index (χ0n) is 22.4. The SMILES string of the molecule is COCCOC(=O)C1=C(C)N=c2sc(=Cc3ccc(-c4ccccc4[N+](=O)[O-])o3)c(=O)n2C1c1ccccc1OC. The van der Waals surface area contributed by atoms with E-state index in [2.05, 4.69) is 4.99 Å². The standard InChI is InChI=1S/C29H25N3O8S/c1-17-25(28(34)39-15-14-37-2)26(20-9-5-7-11-22(20)38-3)31-27(33)24(41-29(31)30-17)16-18-12-13-23(40-18)19-8-4-6-10-21(19)32(35)36/h4-13,16,26H,14-15H2,1-3H3. The Kier molecular flexibility index (Phi) is 7.95. The molecule has 2 aromatic carbocycles. The van der Waals surface area contributed by atoms with E-state index in [9.17, 15) is 19.7 Å². The first-order valence-corrected chi connectivity index (χ1v) is 13.3. The third kappa shape index (κ3) is 5.34. The van der Waals surface area contributed by atoms with Gasteiger partial charge in [-0.1, -0.05) is 41.7 Å². The van der Waals surface area contributed by atoms with Gasteiger partial charge in [0.1, 0.15) is 29.9 Å². The van der Waals surface area contributed by atoms with Gasteiger partial charge in [0.15, 0.2) is 4.80 Å². The van der Waals surface area contributed by atoms with E-state index in [1.807, 2.05) is 0 Å². The number of para-hydroxylation sites is 2. The number of nitro groups is 1. The lowest BCUT2D eigenvalue weighted by atomic mass is 9.95. The number of methoxy groups -OCH3 is 2. The number of hydrogen-bond donors (Lipinski definition) is 0. The van der Waals surface area contributed by atoms with Gasteiger partial charge in [0.25, 0.3) is 11.2 Å². The van der Waals surface area contributed by atoms with Crippen LogP contribution in [0.25, 0.3) is 17.4 Å². The fourth-order valence-electron chi connectivity index (χ4n) is 4.61. The van der Waals surface area contributed by atoms with Crippen molar-refractivity contribution in [3.8, 4) is 17.1 Å². The van der Waals surface area contributed by atoms with E-state index in [1.165, 1.54) is 24.9 Å². The van der Waals surface area contributed by atoms with Crippen LogP contribution in [-0.4, -0.2) is 42.9 Å². The van der Waals surface area contributed by atoms with Crippen molar-refractivity contribution in [3.05, 3.63) is 113 Å². The molecule has 4 aromatic rings. The van der Waals surface area contributed by atoms with Crippen molar-refractivity contribution in [2.24, 2.45) is 4.99 Å². The van der Waals surface area contributed by atoms with Gasteiger partial charge in [-0.2, -0.15) is 0 Å². The largest absolute Gasteiger partial charge is 0.496 e. The van der Waals surface area contributed by atoms with Crippen molar-refractivity contribution in [3.63, 3.8) is 0 Å². The normalized spacial score (nSPS) is 14.9. The van der Waals surface area contributed by atoms with Crippen LogP contribution in [0, 0.1) is 10.1 Å². The summed E-state index contributed by atoms with van der Waals surface area (Å²) in [4.78, 5) is 43.1. The molecule has 0 bridgehead atoms. The van der Waals surface area contributed by atoms with Crippen LogP contribution in [0.15, 0.2) is 86.1 Å². The van der Waals surface area contributed by atoms with Crippen molar-refractivity contribution in [2.45, 2.75) is 13.0 Å². The third-order valence-corrected chi connectivity index (χ3v) is 7.45. The number of ether oxygens (including phenoxy) is 3. The van der Waals surface area contributed by atoms with Crippen LogP contribution < -0.4 is 19.6 Å². The molecule has 0 saturated heterocycles. The lowest BCUT2D eigenvalue weighted by Crippen LogP contribution is -2.40. The van der Waals surface area contributed by atoms with Crippen LogP contribution in [0.1, 0.15) is 24.3 Å². The van der Waals surface area contributed by atoms with Crippen molar-refractivity contribution in [2.75, 3.05) is 27.4 Å². The molecule has 0 fully saturated rings. The number of benzene rings is 2. The van der Waals surface area contributed by atoms with Crippen LogP contribution in [0.2, 0.25) is 0 Å². The Hall–Kier alpha value is -4.81. The Labute approximate surface area is 237 Å². The van der Waals surface area contributed by atoms with E-state index in [0.29, 0.717) is 43.4 Å². The molecule has 1 aliphatic heterocycles. The minimum Gasteiger partial charge on any atom is -0.496 e. The Balaban J connectivity index is 1.63. The van der Waals surface area contributed by atoms with E-state index >= 15 is 0 Å². The molecule has 0 aliphatic carbocycles. The topological polar surface area (TPSA) is 135 Å². The number of esters is 1. The Morgan fingerprint density at radius 3 is 2.63 bits per heavy atom. The molecule has 41 heavy (non-hydrogen) atoms. The van der Waals surface area contributed by atoms with Crippen LogP contribution in [0.4, 0.5) is 5.69 Å². The van der Waals surface area contributed by atoms with Gasteiger partial charge in [0.2, 0.25) is 0 Å². The van der Waals surface area contributed by atoms with Crippen LogP contribution in [-0.2, 0) is 14.3 Å². The summed E-state index contributed by atoms with van der Waals surface area (Å²) in [6, 6.07) is 15.8. The number of thiazole rings is 1. The molecule has 1 unspecified atom stereocenters. The quantitative estimate of drug-likeness (QED) is 0.128. The van der Waals surface area contributed by atoms with Gasteiger partial charge in [0, 0.05) is 24.8 Å². The number of fused-ring (bicyclic) bond motifs is 1. The molecule has 2 aromatic heterocycles. The Morgan fingerprint density at radius 1 is 1.12 bits per heavy atom. The predicted octanol–water partition coefficient (Wildman–Crippen LogP) is 3.60. The first kappa shape index (κ1) is 27.7. The summed E-state index contributed by atoms with van der Waals surface area (Å²) in [5.74, 6) is 0.491. The Morgan fingerprint density at radius 2 is 1.88 bits per heavy atom. The number of nitrogens with zero attached hydrogens (tertiary/aromatic N) is 3. The molecule has 12 heteroatoms. The van der Waals surface area contributed by atoms with Crippen molar-refractivity contribution in [1.82, 2.24) is 4.57 Å². The maximum Gasteiger partial charge on any atom is 0.338 e.